The van der Waals surface area contributed by atoms with Gasteiger partial charge in [-0.1, -0.05) is 0 Å². The van der Waals surface area contributed by atoms with E-state index in [2.05, 4.69) is 11.4 Å². The van der Waals surface area contributed by atoms with Gasteiger partial charge in [-0.25, -0.2) is 4.79 Å². The lowest BCUT2D eigenvalue weighted by molar-refractivity contribution is -0.125. The number of nitriles is 1. The summed E-state index contributed by atoms with van der Waals surface area (Å²) in [5, 5.41) is 12.7. The van der Waals surface area contributed by atoms with Crippen LogP contribution in [-0.2, 0) is 9.53 Å². The number of benzene rings is 1. The van der Waals surface area contributed by atoms with Crippen molar-refractivity contribution in [2.24, 2.45) is 5.92 Å². The molecule has 1 aliphatic carbocycles. The minimum atomic E-state index is -0.922. The topological polar surface area (TPSA) is 102 Å². The molecule has 1 heterocycles. The Morgan fingerprint density at radius 2 is 2.15 bits per heavy atom. The Morgan fingerprint density at radius 3 is 2.78 bits per heavy atom. The van der Waals surface area contributed by atoms with Gasteiger partial charge in [-0.05, 0) is 57.7 Å². The Labute approximate surface area is 157 Å². The van der Waals surface area contributed by atoms with Crippen molar-refractivity contribution in [3.05, 3.63) is 29.5 Å². The lowest BCUT2D eigenvalue weighted by atomic mass is 9.98. The van der Waals surface area contributed by atoms with Crippen molar-refractivity contribution in [3.63, 3.8) is 0 Å². The summed E-state index contributed by atoms with van der Waals surface area (Å²) in [6, 6.07) is 7.42. The van der Waals surface area contributed by atoms with Gasteiger partial charge in [0.05, 0.1) is 12.7 Å². The number of esters is 1. The summed E-state index contributed by atoms with van der Waals surface area (Å²) in [6.45, 7) is 5.39. The van der Waals surface area contributed by atoms with Gasteiger partial charge >= 0.3 is 5.97 Å². The quantitative estimate of drug-likeness (QED) is 0.752. The van der Waals surface area contributed by atoms with Crippen molar-refractivity contribution in [1.82, 2.24) is 5.32 Å². The van der Waals surface area contributed by atoms with Crippen LogP contribution in [0.4, 0.5) is 0 Å². The smallest absolute Gasteiger partial charge is 0.375 e. The third-order valence-electron chi connectivity index (χ3n) is 4.76. The van der Waals surface area contributed by atoms with Crippen LogP contribution in [0.1, 0.15) is 42.8 Å². The van der Waals surface area contributed by atoms with Gasteiger partial charge in [-0.15, -0.1) is 0 Å². The second kappa shape index (κ2) is 7.31. The summed E-state index contributed by atoms with van der Waals surface area (Å²) in [4.78, 5) is 24.4. The van der Waals surface area contributed by atoms with Gasteiger partial charge in [-0.2, -0.15) is 5.26 Å². The number of hydrogen-bond acceptors (Lipinski definition) is 6. The molecule has 0 radical (unpaired) electrons. The van der Waals surface area contributed by atoms with Crippen LogP contribution in [0.15, 0.2) is 22.6 Å². The van der Waals surface area contributed by atoms with E-state index < -0.39 is 24.0 Å². The number of hydrogen-bond donors (Lipinski definition) is 1. The molecule has 1 N–H and O–H groups in total. The molecular weight excluding hydrogens is 348 g/mol. The molecule has 1 aromatic heterocycles. The normalized spacial score (nSPS) is 15.6. The van der Waals surface area contributed by atoms with Crippen LogP contribution in [0.25, 0.3) is 11.0 Å². The second-order valence-corrected chi connectivity index (χ2v) is 6.86. The molecule has 0 unspecified atom stereocenters. The van der Waals surface area contributed by atoms with Crippen LogP contribution in [0.3, 0.4) is 0 Å². The molecule has 0 aliphatic heterocycles. The fraction of sp³-hybridized carbons (Fsp3) is 0.450. The van der Waals surface area contributed by atoms with E-state index in [9.17, 15) is 14.9 Å². The Balaban J connectivity index is 1.66. The van der Waals surface area contributed by atoms with Crippen molar-refractivity contribution in [3.8, 4) is 11.8 Å². The van der Waals surface area contributed by atoms with E-state index in [4.69, 9.17) is 13.9 Å². The summed E-state index contributed by atoms with van der Waals surface area (Å²) in [5.41, 5.74) is 0.240. The fourth-order valence-electron chi connectivity index (χ4n) is 3.06. The summed E-state index contributed by atoms with van der Waals surface area (Å²) >= 11 is 0. The van der Waals surface area contributed by atoms with Crippen LogP contribution < -0.4 is 10.1 Å². The highest BCUT2D eigenvalue weighted by Gasteiger charge is 2.43. The van der Waals surface area contributed by atoms with Gasteiger partial charge in [0.1, 0.15) is 16.9 Å². The van der Waals surface area contributed by atoms with Gasteiger partial charge < -0.3 is 19.2 Å². The molecule has 3 rings (SSSR count). The predicted octanol–water partition coefficient (Wildman–Crippen LogP) is 3.11. The van der Waals surface area contributed by atoms with E-state index in [1.54, 1.807) is 32.0 Å². The number of furan rings is 1. The molecule has 0 spiro atoms. The maximum atomic E-state index is 12.3. The first-order chi connectivity index (χ1) is 12.9. The van der Waals surface area contributed by atoms with E-state index in [1.807, 2.05) is 6.92 Å². The molecule has 1 amide bonds. The standard InChI is InChI=1S/C20H22N2O5/c1-4-25-14-7-8-16-15(9-14)12(2)18(27-16)19(24)26-10-17(23)22-20(3,11-21)13-5-6-13/h7-9,13H,4-6,10H2,1-3H3,(H,22,23)/t20-/m0/s1. The number of rotatable bonds is 7. The van der Waals surface area contributed by atoms with Gasteiger partial charge in [0.25, 0.3) is 5.91 Å². The maximum Gasteiger partial charge on any atom is 0.375 e. The highest BCUT2D eigenvalue weighted by Crippen LogP contribution is 2.39. The maximum absolute atomic E-state index is 12.3. The number of aryl methyl sites for hydroxylation is 1. The Morgan fingerprint density at radius 1 is 1.41 bits per heavy atom. The first kappa shape index (κ1) is 18.8. The van der Waals surface area contributed by atoms with Gasteiger partial charge in [0, 0.05) is 10.9 Å². The monoisotopic (exact) mass is 370 g/mol. The van der Waals surface area contributed by atoms with E-state index in [0.717, 1.165) is 18.2 Å². The van der Waals surface area contributed by atoms with E-state index in [-0.39, 0.29) is 11.7 Å². The van der Waals surface area contributed by atoms with Crippen LogP contribution in [-0.4, -0.2) is 30.6 Å². The summed E-state index contributed by atoms with van der Waals surface area (Å²) in [5.74, 6) is -0.339. The van der Waals surface area contributed by atoms with Crippen molar-refractivity contribution >= 4 is 22.8 Å². The van der Waals surface area contributed by atoms with E-state index in [0.29, 0.717) is 23.5 Å². The molecule has 1 aliphatic rings. The van der Waals surface area contributed by atoms with Crippen molar-refractivity contribution in [2.75, 3.05) is 13.2 Å². The van der Waals surface area contributed by atoms with E-state index in [1.165, 1.54) is 0 Å². The molecule has 27 heavy (non-hydrogen) atoms. The lowest BCUT2D eigenvalue weighted by Gasteiger charge is -2.22. The molecular formula is C20H22N2O5. The molecule has 1 aromatic carbocycles. The zero-order chi connectivity index (χ0) is 19.6. The zero-order valence-electron chi connectivity index (χ0n) is 15.6. The SMILES string of the molecule is CCOc1ccc2oc(C(=O)OCC(=O)N[C@@](C)(C#N)C3CC3)c(C)c2c1. The molecule has 142 valence electrons. The average molecular weight is 370 g/mol. The van der Waals surface area contributed by atoms with Crippen LogP contribution in [0.2, 0.25) is 0 Å². The number of amides is 1. The number of nitrogens with one attached hydrogen (secondary N) is 1. The molecule has 1 fully saturated rings. The average Bonchev–Trinajstić information content (AvgIpc) is 3.46. The molecule has 1 atom stereocenters. The largest absolute Gasteiger partial charge is 0.494 e. The Bertz CT molecular complexity index is 922. The molecule has 7 nitrogen and oxygen atoms in total. The summed E-state index contributed by atoms with van der Waals surface area (Å²) < 4.78 is 16.1. The van der Waals surface area contributed by atoms with Crippen LogP contribution in [0.5, 0.6) is 5.75 Å². The fourth-order valence-corrected chi connectivity index (χ4v) is 3.06. The number of carbonyl (C=O) groups is 2. The Hall–Kier alpha value is -3.01. The van der Waals surface area contributed by atoms with Crippen molar-refractivity contribution < 1.29 is 23.5 Å². The molecule has 2 aromatic rings. The minimum absolute atomic E-state index is 0.0525. The third kappa shape index (κ3) is 3.90. The number of ether oxygens (including phenoxy) is 2. The third-order valence-corrected chi connectivity index (χ3v) is 4.76. The molecule has 7 heteroatoms. The highest BCUT2D eigenvalue weighted by atomic mass is 16.5. The first-order valence-corrected chi connectivity index (χ1v) is 8.93. The number of carbonyl (C=O) groups excluding carboxylic acids is 2. The summed E-state index contributed by atoms with van der Waals surface area (Å²) in [7, 11) is 0. The van der Waals surface area contributed by atoms with Gasteiger partial charge in [-0.3, -0.25) is 4.79 Å². The number of nitrogens with zero attached hydrogens (tertiary/aromatic N) is 1. The molecule has 1 saturated carbocycles. The van der Waals surface area contributed by atoms with Crippen molar-refractivity contribution in [1.29, 1.82) is 5.26 Å². The molecule has 0 saturated heterocycles. The number of fused-ring (bicyclic) bond motifs is 1. The van der Waals surface area contributed by atoms with Crippen LogP contribution >= 0.6 is 0 Å². The molecule has 0 bridgehead atoms. The highest BCUT2D eigenvalue weighted by molar-refractivity contribution is 5.97. The minimum Gasteiger partial charge on any atom is -0.494 e. The van der Waals surface area contributed by atoms with E-state index >= 15 is 0 Å². The zero-order valence-corrected chi connectivity index (χ0v) is 15.6. The first-order valence-electron chi connectivity index (χ1n) is 8.93. The van der Waals surface area contributed by atoms with Crippen LogP contribution in [0, 0.1) is 24.2 Å². The van der Waals surface area contributed by atoms with Gasteiger partial charge in [0.2, 0.25) is 5.76 Å². The van der Waals surface area contributed by atoms with Gasteiger partial charge in [0.15, 0.2) is 6.61 Å². The predicted molar refractivity (Wildman–Crippen MR) is 97.3 cm³/mol. The lowest BCUT2D eigenvalue weighted by Crippen LogP contribution is -2.48. The van der Waals surface area contributed by atoms with Crippen molar-refractivity contribution in [2.45, 2.75) is 39.2 Å². The second-order valence-electron chi connectivity index (χ2n) is 6.86. The Kier molecular flexibility index (Phi) is 5.08. The summed E-state index contributed by atoms with van der Waals surface area (Å²) in [6.07, 6.45) is 1.82.